The number of fused-ring (bicyclic) bond motifs is 1. The van der Waals surface area contributed by atoms with Gasteiger partial charge in [0.25, 0.3) is 0 Å². The van der Waals surface area contributed by atoms with E-state index >= 15 is 0 Å². The lowest BCUT2D eigenvalue weighted by molar-refractivity contribution is 0.460. The molecular formula is C17H20N2O. The van der Waals surface area contributed by atoms with Crippen LogP contribution in [0.3, 0.4) is 0 Å². The molecule has 1 aliphatic rings. The van der Waals surface area contributed by atoms with E-state index in [-0.39, 0.29) is 0 Å². The highest BCUT2D eigenvalue weighted by atomic mass is 16.5. The van der Waals surface area contributed by atoms with Crippen molar-refractivity contribution in [2.45, 2.75) is 32.7 Å². The van der Waals surface area contributed by atoms with E-state index in [2.05, 4.69) is 28.5 Å². The summed E-state index contributed by atoms with van der Waals surface area (Å²) in [6, 6.07) is 10.5. The fourth-order valence-electron chi connectivity index (χ4n) is 2.80. The first kappa shape index (κ1) is 13.1. The van der Waals surface area contributed by atoms with Crippen molar-refractivity contribution in [1.82, 2.24) is 10.3 Å². The average molecular weight is 268 g/mol. The third-order valence-corrected chi connectivity index (χ3v) is 3.66. The van der Waals surface area contributed by atoms with Crippen LogP contribution in [0.15, 0.2) is 30.3 Å². The minimum absolute atomic E-state index is 0.674. The molecular weight excluding hydrogens is 248 g/mol. The van der Waals surface area contributed by atoms with Gasteiger partial charge in [-0.3, -0.25) is 0 Å². The molecule has 1 aromatic carbocycles. The Morgan fingerprint density at radius 1 is 1.15 bits per heavy atom. The minimum Gasteiger partial charge on any atom is -0.439 e. The fraction of sp³-hybridized carbons (Fsp3) is 0.353. The molecule has 1 N–H and O–H groups in total. The topological polar surface area (TPSA) is 34.2 Å². The molecule has 0 bridgehead atoms. The molecule has 104 valence electrons. The zero-order valence-corrected chi connectivity index (χ0v) is 12.1. The monoisotopic (exact) mass is 268 g/mol. The van der Waals surface area contributed by atoms with Gasteiger partial charge >= 0.3 is 0 Å². The highest BCUT2D eigenvalue weighted by Crippen LogP contribution is 2.28. The van der Waals surface area contributed by atoms with Gasteiger partial charge in [0.2, 0.25) is 5.88 Å². The molecule has 3 nitrogen and oxygen atoms in total. The summed E-state index contributed by atoms with van der Waals surface area (Å²) in [5.41, 5.74) is 5.06. The summed E-state index contributed by atoms with van der Waals surface area (Å²) in [5, 5.41) is 3.15. The van der Waals surface area contributed by atoms with Gasteiger partial charge in [-0.15, -0.1) is 0 Å². The van der Waals surface area contributed by atoms with Gasteiger partial charge in [-0.2, -0.15) is 0 Å². The Labute approximate surface area is 120 Å². The van der Waals surface area contributed by atoms with Gasteiger partial charge in [0.15, 0.2) is 0 Å². The van der Waals surface area contributed by atoms with Crippen LogP contribution in [0.2, 0.25) is 0 Å². The number of rotatable bonds is 4. The van der Waals surface area contributed by atoms with Gasteiger partial charge in [-0.25, -0.2) is 4.98 Å². The molecule has 0 amide bonds. The van der Waals surface area contributed by atoms with Gasteiger partial charge in [-0.1, -0.05) is 6.07 Å². The maximum atomic E-state index is 5.93. The summed E-state index contributed by atoms with van der Waals surface area (Å²) in [4.78, 5) is 4.45. The quantitative estimate of drug-likeness (QED) is 0.923. The Hall–Kier alpha value is -1.87. The molecule has 0 saturated carbocycles. The lowest BCUT2D eigenvalue weighted by Crippen LogP contribution is -2.06. The number of benzene rings is 1. The molecule has 0 atom stereocenters. The predicted octanol–water partition coefficient (Wildman–Crippen LogP) is 3.39. The number of pyridine rings is 1. The van der Waals surface area contributed by atoms with E-state index in [1.54, 1.807) is 0 Å². The van der Waals surface area contributed by atoms with E-state index in [1.165, 1.54) is 36.0 Å². The highest BCUT2D eigenvalue weighted by Gasteiger charge is 2.12. The van der Waals surface area contributed by atoms with E-state index in [9.17, 15) is 0 Å². The van der Waals surface area contributed by atoms with Crippen LogP contribution in [-0.4, -0.2) is 12.0 Å². The Bertz CT molecular complexity index is 622. The van der Waals surface area contributed by atoms with Crippen LogP contribution in [0.25, 0.3) is 0 Å². The van der Waals surface area contributed by atoms with Crippen molar-refractivity contribution in [3.05, 3.63) is 52.7 Å². The highest BCUT2D eigenvalue weighted by molar-refractivity contribution is 5.40. The van der Waals surface area contributed by atoms with E-state index in [4.69, 9.17) is 4.74 Å². The molecule has 2 aromatic rings. The Morgan fingerprint density at radius 3 is 2.85 bits per heavy atom. The maximum Gasteiger partial charge on any atom is 0.219 e. The lowest BCUT2D eigenvalue weighted by atomic mass is 10.1. The smallest absolute Gasteiger partial charge is 0.219 e. The Morgan fingerprint density at radius 2 is 2.00 bits per heavy atom. The molecule has 0 fully saturated rings. The van der Waals surface area contributed by atoms with Crippen LogP contribution in [-0.2, 0) is 19.4 Å². The summed E-state index contributed by atoms with van der Waals surface area (Å²) in [6.07, 6.45) is 3.62. The van der Waals surface area contributed by atoms with E-state index in [0.29, 0.717) is 5.88 Å². The number of nitrogens with one attached hydrogen (secondary N) is 1. The summed E-state index contributed by atoms with van der Waals surface area (Å²) < 4.78 is 5.93. The van der Waals surface area contributed by atoms with Crippen molar-refractivity contribution in [2.75, 3.05) is 7.05 Å². The van der Waals surface area contributed by atoms with Crippen LogP contribution in [0, 0.1) is 6.92 Å². The second kappa shape index (κ2) is 5.63. The van der Waals surface area contributed by atoms with Crippen LogP contribution in [0.5, 0.6) is 11.6 Å². The van der Waals surface area contributed by atoms with Crippen LogP contribution in [0.4, 0.5) is 0 Å². The summed E-state index contributed by atoms with van der Waals surface area (Å²) in [6.45, 7) is 2.82. The van der Waals surface area contributed by atoms with Crippen molar-refractivity contribution < 1.29 is 4.74 Å². The van der Waals surface area contributed by atoms with Crippen molar-refractivity contribution in [2.24, 2.45) is 0 Å². The van der Waals surface area contributed by atoms with Crippen molar-refractivity contribution in [3.8, 4) is 11.6 Å². The second-order valence-corrected chi connectivity index (χ2v) is 5.37. The number of nitrogens with zero attached hydrogens (tertiary/aromatic N) is 1. The van der Waals surface area contributed by atoms with Gasteiger partial charge in [0.1, 0.15) is 5.75 Å². The summed E-state index contributed by atoms with van der Waals surface area (Å²) >= 11 is 0. The van der Waals surface area contributed by atoms with Crippen molar-refractivity contribution in [3.63, 3.8) is 0 Å². The first-order chi connectivity index (χ1) is 9.74. The molecule has 3 rings (SSSR count). The first-order valence-corrected chi connectivity index (χ1v) is 7.16. The van der Waals surface area contributed by atoms with Crippen molar-refractivity contribution in [1.29, 1.82) is 0 Å². The van der Waals surface area contributed by atoms with E-state index < -0.39 is 0 Å². The molecule has 0 saturated heterocycles. The predicted molar refractivity (Wildman–Crippen MR) is 80.3 cm³/mol. The Kier molecular flexibility index (Phi) is 3.70. The average Bonchev–Trinajstić information content (AvgIpc) is 2.85. The van der Waals surface area contributed by atoms with Gasteiger partial charge in [-0.05, 0) is 68.1 Å². The minimum atomic E-state index is 0.674. The third-order valence-electron chi connectivity index (χ3n) is 3.66. The molecule has 20 heavy (non-hydrogen) atoms. The van der Waals surface area contributed by atoms with Crippen molar-refractivity contribution >= 4 is 0 Å². The molecule has 0 radical (unpaired) electrons. The molecule has 0 unspecified atom stereocenters. The van der Waals surface area contributed by atoms with Gasteiger partial charge < -0.3 is 10.1 Å². The molecule has 1 aliphatic carbocycles. The molecule has 1 heterocycles. The second-order valence-electron chi connectivity index (χ2n) is 5.37. The third kappa shape index (κ3) is 2.83. The first-order valence-electron chi connectivity index (χ1n) is 7.16. The number of hydrogen-bond acceptors (Lipinski definition) is 3. The summed E-state index contributed by atoms with van der Waals surface area (Å²) in [5.74, 6) is 1.56. The molecule has 0 aliphatic heterocycles. The molecule has 3 heteroatoms. The van der Waals surface area contributed by atoms with E-state index in [1.807, 2.05) is 26.1 Å². The SMILES string of the molecule is CNCc1cc(C)nc(Oc2ccc3c(c2)CCC3)c1. The Balaban J connectivity index is 1.83. The van der Waals surface area contributed by atoms with Gasteiger partial charge in [0.05, 0.1) is 0 Å². The zero-order chi connectivity index (χ0) is 13.9. The molecule has 1 aromatic heterocycles. The van der Waals surface area contributed by atoms with E-state index in [0.717, 1.165) is 18.0 Å². The van der Waals surface area contributed by atoms with Gasteiger partial charge in [0, 0.05) is 18.3 Å². The molecule has 0 spiro atoms. The number of hydrogen-bond donors (Lipinski definition) is 1. The standard InChI is InChI=1S/C17H20N2O/c1-12-8-13(11-18-2)9-17(19-12)20-16-7-6-14-4-3-5-15(14)10-16/h6-10,18H,3-5,11H2,1-2H3. The summed E-state index contributed by atoms with van der Waals surface area (Å²) in [7, 11) is 1.94. The van der Waals surface area contributed by atoms with Crippen LogP contribution >= 0.6 is 0 Å². The number of ether oxygens (including phenoxy) is 1. The maximum absolute atomic E-state index is 5.93. The number of aromatic nitrogens is 1. The number of aryl methyl sites for hydroxylation is 3. The largest absolute Gasteiger partial charge is 0.439 e. The van der Waals surface area contributed by atoms with Crippen LogP contribution < -0.4 is 10.1 Å². The fourth-order valence-corrected chi connectivity index (χ4v) is 2.80. The zero-order valence-electron chi connectivity index (χ0n) is 12.1. The van der Waals surface area contributed by atoms with Crippen LogP contribution in [0.1, 0.15) is 28.8 Å². The normalized spacial score (nSPS) is 13.3. The lowest BCUT2D eigenvalue weighted by Gasteiger charge is -2.09.